The summed E-state index contributed by atoms with van der Waals surface area (Å²) in [5.41, 5.74) is 5.89. The lowest BCUT2D eigenvalue weighted by Gasteiger charge is -2.31. The molecule has 17 heavy (non-hydrogen) atoms. The predicted octanol–water partition coefficient (Wildman–Crippen LogP) is 1.64. The van der Waals surface area contributed by atoms with Gasteiger partial charge < -0.3 is 15.4 Å². The molecule has 0 atom stereocenters. The van der Waals surface area contributed by atoms with Gasteiger partial charge in [0.25, 0.3) is 0 Å². The van der Waals surface area contributed by atoms with E-state index in [1.807, 2.05) is 0 Å². The third-order valence-electron chi connectivity index (χ3n) is 2.83. The maximum Gasteiger partial charge on any atom is 0.305 e. The van der Waals surface area contributed by atoms with Crippen LogP contribution in [0.4, 0.5) is 0 Å². The molecule has 0 aromatic heterocycles. The Balaban J connectivity index is 4.02. The minimum Gasteiger partial charge on any atom is -0.469 e. The number of carbonyl (C=O) groups excluding carboxylic acids is 1. The van der Waals surface area contributed by atoms with Gasteiger partial charge in [-0.15, -0.1) is 0 Å². The molecular formula is C13H28N2O2. The van der Waals surface area contributed by atoms with E-state index >= 15 is 0 Å². The molecule has 0 rings (SSSR count). The highest BCUT2D eigenvalue weighted by Gasteiger charge is 2.19. The van der Waals surface area contributed by atoms with Crippen LogP contribution in [0.1, 0.15) is 40.0 Å². The summed E-state index contributed by atoms with van der Waals surface area (Å²) in [5.74, 6) is -0.125. The minimum absolute atomic E-state index is 0.125. The van der Waals surface area contributed by atoms with E-state index in [4.69, 9.17) is 5.73 Å². The minimum atomic E-state index is -0.125. The second-order valence-electron chi connectivity index (χ2n) is 5.32. The summed E-state index contributed by atoms with van der Waals surface area (Å²) >= 11 is 0. The second-order valence-corrected chi connectivity index (χ2v) is 5.32. The van der Waals surface area contributed by atoms with Gasteiger partial charge in [0.15, 0.2) is 0 Å². The fraction of sp³-hybridized carbons (Fsp3) is 0.923. The Hall–Kier alpha value is -0.610. The van der Waals surface area contributed by atoms with E-state index in [1.165, 1.54) is 7.11 Å². The van der Waals surface area contributed by atoms with Gasteiger partial charge in [0.05, 0.1) is 7.11 Å². The van der Waals surface area contributed by atoms with Crippen molar-refractivity contribution in [3.8, 4) is 0 Å². The van der Waals surface area contributed by atoms with E-state index in [0.29, 0.717) is 13.0 Å². The average Bonchev–Trinajstić information content (AvgIpc) is 2.28. The van der Waals surface area contributed by atoms with Crippen molar-refractivity contribution in [2.24, 2.45) is 11.1 Å². The summed E-state index contributed by atoms with van der Waals surface area (Å²) < 4.78 is 4.64. The van der Waals surface area contributed by atoms with Crippen LogP contribution in [0.2, 0.25) is 0 Å². The fourth-order valence-corrected chi connectivity index (χ4v) is 1.81. The van der Waals surface area contributed by atoms with Crippen molar-refractivity contribution in [3.05, 3.63) is 0 Å². The molecule has 102 valence electrons. The number of ether oxygens (including phenoxy) is 1. The lowest BCUT2D eigenvalue weighted by atomic mass is 9.93. The van der Waals surface area contributed by atoms with Gasteiger partial charge in [0.1, 0.15) is 0 Å². The molecule has 2 N–H and O–H groups in total. The summed E-state index contributed by atoms with van der Waals surface area (Å²) in [6.07, 6.45) is 2.48. The normalized spacial score (nSPS) is 11.9. The molecule has 4 nitrogen and oxygen atoms in total. The first-order chi connectivity index (χ1) is 7.95. The van der Waals surface area contributed by atoms with Crippen LogP contribution in [-0.2, 0) is 9.53 Å². The highest BCUT2D eigenvalue weighted by molar-refractivity contribution is 5.69. The Morgan fingerprint density at radius 3 is 2.47 bits per heavy atom. The Labute approximate surface area is 105 Å². The monoisotopic (exact) mass is 244 g/mol. The Kier molecular flexibility index (Phi) is 8.17. The highest BCUT2D eigenvalue weighted by atomic mass is 16.5. The molecular weight excluding hydrogens is 216 g/mol. The summed E-state index contributed by atoms with van der Waals surface area (Å²) in [6, 6.07) is 0. The smallest absolute Gasteiger partial charge is 0.305 e. The van der Waals surface area contributed by atoms with Crippen LogP contribution in [0.5, 0.6) is 0 Å². The molecule has 0 aliphatic carbocycles. The van der Waals surface area contributed by atoms with Crippen LogP contribution in [-0.4, -0.2) is 44.2 Å². The molecule has 0 radical (unpaired) electrons. The van der Waals surface area contributed by atoms with E-state index in [2.05, 4.69) is 30.4 Å². The number of nitrogens with two attached hydrogens (primary N) is 1. The zero-order valence-corrected chi connectivity index (χ0v) is 11.8. The summed E-state index contributed by atoms with van der Waals surface area (Å²) in [6.45, 7) is 10.2. The van der Waals surface area contributed by atoms with Crippen LogP contribution in [0.3, 0.4) is 0 Å². The Morgan fingerprint density at radius 2 is 2.00 bits per heavy atom. The topological polar surface area (TPSA) is 55.6 Å². The molecule has 0 aliphatic rings. The third kappa shape index (κ3) is 8.16. The fourth-order valence-electron chi connectivity index (χ4n) is 1.81. The zero-order chi connectivity index (χ0) is 13.3. The van der Waals surface area contributed by atoms with Gasteiger partial charge in [-0.3, -0.25) is 4.79 Å². The van der Waals surface area contributed by atoms with Crippen LogP contribution < -0.4 is 5.73 Å². The number of rotatable bonds is 9. The molecule has 0 saturated carbocycles. The van der Waals surface area contributed by atoms with E-state index in [0.717, 1.165) is 32.5 Å². The molecule has 0 spiro atoms. The first kappa shape index (κ1) is 16.4. The van der Waals surface area contributed by atoms with Crippen LogP contribution in [0.15, 0.2) is 0 Å². The number of hydrogen-bond acceptors (Lipinski definition) is 4. The molecule has 0 amide bonds. The lowest BCUT2D eigenvalue weighted by molar-refractivity contribution is -0.140. The van der Waals surface area contributed by atoms with Gasteiger partial charge in [-0.2, -0.15) is 0 Å². The first-order valence-corrected chi connectivity index (χ1v) is 6.44. The predicted molar refractivity (Wildman–Crippen MR) is 70.8 cm³/mol. The number of esters is 1. The van der Waals surface area contributed by atoms with Crippen molar-refractivity contribution >= 4 is 5.97 Å². The molecule has 0 saturated heterocycles. The third-order valence-corrected chi connectivity index (χ3v) is 2.83. The van der Waals surface area contributed by atoms with Crippen molar-refractivity contribution < 1.29 is 9.53 Å². The largest absolute Gasteiger partial charge is 0.469 e. The summed E-state index contributed by atoms with van der Waals surface area (Å²) in [5, 5.41) is 0. The van der Waals surface area contributed by atoms with Crippen molar-refractivity contribution in [1.29, 1.82) is 0 Å². The SMILES string of the molecule is CCCN(CCCC(=O)OC)CC(C)(C)CN. The van der Waals surface area contributed by atoms with E-state index in [-0.39, 0.29) is 11.4 Å². The van der Waals surface area contributed by atoms with Crippen LogP contribution in [0, 0.1) is 5.41 Å². The summed E-state index contributed by atoms with van der Waals surface area (Å²) in [4.78, 5) is 13.4. The van der Waals surface area contributed by atoms with E-state index < -0.39 is 0 Å². The molecule has 0 aromatic rings. The molecule has 0 unspecified atom stereocenters. The van der Waals surface area contributed by atoms with E-state index in [9.17, 15) is 4.79 Å². The highest BCUT2D eigenvalue weighted by Crippen LogP contribution is 2.15. The summed E-state index contributed by atoms with van der Waals surface area (Å²) in [7, 11) is 1.43. The standard InChI is InChI=1S/C13H28N2O2/c1-5-8-15(11-13(2,3)10-14)9-6-7-12(16)17-4/h5-11,14H2,1-4H3. The number of carbonyl (C=O) groups is 1. The molecule has 0 fully saturated rings. The zero-order valence-electron chi connectivity index (χ0n) is 11.8. The molecule has 0 aromatic carbocycles. The van der Waals surface area contributed by atoms with Gasteiger partial charge in [0.2, 0.25) is 0 Å². The van der Waals surface area contributed by atoms with Crippen LogP contribution >= 0.6 is 0 Å². The van der Waals surface area contributed by atoms with Gasteiger partial charge >= 0.3 is 5.97 Å². The molecule has 4 heteroatoms. The Morgan fingerprint density at radius 1 is 1.35 bits per heavy atom. The number of methoxy groups -OCH3 is 1. The maximum atomic E-state index is 11.0. The number of nitrogens with zero attached hydrogens (tertiary/aromatic N) is 1. The average molecular weight is 244 g/mol. The first-order valence-electron chi connectivity index (χ1n) is 6.44. The lowest BCUT2D eigenvalue weighted by Crippen LogP contribution is -2.39. The molecule has 0 bridgehead atoms. The molecule has 0 heterocycles. The van der Waals surface area contributed by atoms with Crippen LogP contribution in [0.25, 0.3) is 0 Å². The maximum absolute atomic E-state index is 11.0. The van der Waals surface area contributed by atoms with Crippen molar-refractivity contribution in [3.63, 3.8) is 0 Å². The van der Waals surface area contributed by atoms with Gasteiger partial charge in [-0.1, -0.05) is 20.8 Å². The molecule has 0 aliphatic heterocycles. The van der Waals surface area contributed by atoms with Crippen molar-refractivity contribution in [2.75, 3.05) is 33.3 Å². The van der Waals surface area contributed by atoms with Gasteiger partial charge in [-0.05, 0) is 37.9 Å². The quantitative estimate of drug-likeness (QED) is 0.626. The number of hydrogen-bond donors (Lipinski definition) is 1. The van der Waals surface area contributed by atoms with Gasteiger partial charge in [0, 0.05) is 13.0 Å². The van der Waals surface area contributed by atoms with Crippen molar-refractivity contribution in [2.45, 2.75) is 40.0 Å². The second kappa shape index (κ2) is 8.48. The van der Waals surface area contributed by atoms with Gasteiger partial charge in [-0.25, -0.2) is 0 Å². The Bertz CT molecular complexity index is 217. The van der Waals surface area contributed by atoms with E-state index in [1.54, 1.807) is 0 Å². The van der Waals surface area contributed by atoms with Crippen molar-refractivity contribution in [1.82, 2.24) is 4.90 Å².